The van der Waals surface area contributed by atoms with E-state index in [-0.39, 0.29) is 0 Å². The maximum absolute atomic E-state index is 6.19. The topological polar surface area (TPSA) is 29.3 Å². The van der Waals surface area contributed by atoms with Crippen molar-refractivity contribution in [2.45, 2.75) is 71.4 Å². The predicted molar refractivity (Wildman–Crippen MR) is 71.6 cm³/mol. The van der Waals surface area contributed by atoms with Crippen LogP contribution in [-0.2, 0) is 0 Å². The van der Waals surface area contributed by atoms with Gasteiger partial charge in [0.15, 0.2) is 0 Å². The molecule has 0 aromatic heterocycles. The molecule has 0 radical (unpaired) electrons. The smallest absolute Gasteiger partial charge is 0.0167 e. The number of nitrogens with two attached hydrogens (primary N) is 1. The van der Waals surface area contributed by atoms with Crippen LogP contribution in [0.25, 0.3) is 0 Å². The predicted octanol–water partition coefficient (Wildman–Crippen LogP) is 3.01. The second-order valence-electron chi connectivity index (χ2n) is 5.83. The standard InChI is InChI=1S/C14H30N2/c1-4-7-13(15)11-16(10-12(2)3)14-8-5-6-9-14/h12-14H,4-11,15H2,1-3H3. The van der Waals surface area contributed by atoms with Gasteiger partial charge in [-0.05, 0) is 25.2 Å². The molecular formula is C14H30N2. The van der Waals surface area contributed by atoms with Gasteiger partial charge < -0.3 is 5.73 Å². The summed E-state index contributed by atoms with van der Waals surface area (Å²) in [5.74, 6) is 0.759. The van der Waals surface area contributed by atoms with Gasteiger partial charge in [0.05, 0.1) is 0 Å². The summed E-state index contributed by atoms with van der Waals surface area (Å²) in [6.07, 6.45) is 8.00. The van der Waals surface area contributed by atoms with Crippen LogP contribution in [-0.4, -0.2) is 30.1 Å². The largest absolute Gasteiger partial charge is 0.327 e. The number of nitrogens with zero attached hydrogens (tertiary/aromatic N) is 1. The average molecular weight is 226 g/mol. The quantitative estimate of drug-likeness (QED) is 0.723. The molecule has 2 N–H and O–H groups in total. The molecule has 1 unspecified atom stereocenters. The summed E-state index contributed by atoms with van der Waals surface area (Å²) in [4.78, 5) is 2.66. The Bertz CT molecular complexity index is 174. The lowest BCUT2D eigenvalue weighted by molar-refractivity contribution is 0.164. The van der Waals surface area contributed by atoms with Crippen LogP contribution in [0.15, 0.2) is 0 Å². The lowest BCUT2D eigenvalue weighted by Gasteiger charge is -2.32. The van der Waals surface area contributed by atoms with Crippen molar-refractivity contribution in [1.29, 1.82) is 0 Å². The first kappa shape index (κ1) is 14.0. The normalized spacial score (nSPS) is 19.9. The molecule has 1 saturated carbocycles. The van der Waals surface area contributed by atoms with Crippen molar-refractivity contribution in [3.63, 3.8) is 0 Å². The maximum Gasteiger partial charge on any atom is 0.0167 e. The molecule has 0 amide bonds. The molecule has 0 heterocycles. The lowest BCUT2D eigenvalue weighted by atomic mass is 10.1. The minimum Gasteiger partial charge on any atom is -0.327 e. The van der Waals surface area contributed by atoms with E-state index in [1.54, 1.807) is 0 Å². The monoisotopic (exact) mass is 226 g/mol. The van der Waals surface area contributed by atoms with Crippen molar-refractivity contribution >= 4 is 0 Å². The van der Waals surface area contributed by atoms with E-state index in [0.717, 1.165) is 18.5 Å². The zero-order valence-electron chi connectivity index (χ0n) is 11.4. The first-order chi connectivity index (χ1) is 7.63. The Morgan fingerprint density at radius 3 is 2.31 bits per heavy atom. The van der Waals surface area contributed by atoms with Crippen LogP contribution in [0.3, 0.4) is 0 Å². The molecule has 16 heavy (non-hydrogen) atoms. The molecule has 1 fully saturated rings. The second-order valence-corrected chi connectivity index (χ2v) is 5.83. The highest BCUT2D eigenvalue weighted by atomic mass is 15.2. The van der Waals surface area contributed by atoms with Crippen LogP contribution in [0.2, 0.25) is 0 Å². The van der Waals surface area contributed by atoms with Crippen LogP contribution in [0.4, 0.5) is 0 Å². The Hall–Kier alpha value is -0.0800. The van der Waals surface area contributed by atoms with Crippen molar-refractivity contribution < 1.29 is 0 Å². The molecule has 1 aliphatic rings. The van der Waals surface area contributed by atoms with Crippen LogP contribution < -0.4 is 5.73 Å². The Kier molecular flexibility index (Phi) is 6.37. The van der Waals surface area contributed by atoms with Gasteiger partial charge in [-0.1, -0.05) is 40.0 Å². The molecule has 0 aromatic rings. The van der Waals surface area contributed by atoms with Crippen molar-refractivity contribution in [1.82, 2.24) is 4.90 Å². The van der Waals surface area contributed by atoms with E-state index in [2.05, 4.69) is 25.7 Å². The van der Waals surface area contributed by atoms with E-state index in [1.165, 1.54) is 45.1 Å². The Morgan fingerprint density at radius 2 is 1.81 bits per heavy atom. The molecule has 1 rings (SSSR count). The summed E-state index contributed by atoms with van der Waals surface area (Å²) < 4.78 is 0. The third kappa shape index (κ3) is 4.84. The summed E-state index contributed by atoms with van der Waals surface area (Å²) in [6.45, 7) is 9.18. The molecule has 1 aliphatic carbocycles. The van der Waals surface area contributed by atoms with E-state index in [9.17, 15) is 0 Å². The summed E-state index contributed by atoms with van der Waals surface area (Å²) >= 11 is 0. The summed E-state index contributed by atoms with van der Waals surface area (Å²) in [5.41, 5.74) is 6.19. The van der Waals surface area contributed by atoms with Crippen molar-refractivity contribution in [2.75, 3.05) is 13.1 Å². The van der Waals surface area contributed by atoms with Crippen LogP contribution in [0.1, 0.15) is 59.3 Å². The maximum atomic E-state index is 6.19. The molecular weight excluding hydrogens is 196 g/mol. The molecule has 2 nitrogen and oxygen atoms in total. The number of hydrogen-bond donors (Lipinski definition) is 1. The third-order valence-electron chi connectivity index (χ3n) is 3.57. The molecule has 96 valence electrons. The third-order valence-corrected chi connectivity index (χ3v) is 3.57. The van der Waals surface area contributed by atoms with Gasteiger partial charge in [0.2, 0.25) is 0 Å². The minimum atomic E-state index is 0.379. The van der Waals surface area contributed by atoms with Crippen LogP contribution in [0.5, 0.6) is 0 Å². The molecule has 0 aliphatic heterocycles. The summed E-state index contributed by atoms with van der Waals surface area (Å²) in [6, 6.07) is 1.20. The molecule has 2 heteroatoms. The fourth-order valence-corrected chi connectivity index (χ4v) is 2.87. The number of hydrogen-bond acceptors (Lipinski definition) is 2. The van der Waals surface area contributed by atoms with Crippen LogP contribution >= 0.6 is 0 Å². The molecule has 0 aromatic carbocycles. The fraction of sp³-hybridized carbons (Fsp3) is 1.00. The summed E-state index contributed by atoms with van der Waals surface area (Å²) in [7, 11) is 0. The van der Waals surface area contributed by atoms with E-state index in [0.29, 0.717) is 6.04 Å². The highest BCUT2D eigenvalue weighted by Gasteiger charge is 2.24. The Morgan fingerprint density at radius 1 is 1.19 bits per heavy atom. The van der Waals surface area contributed by atoms with E-state index < -0.39 is 0 Å². The van der Waals surface area contributed by atoms with Crippen molar-refractivity contribution in [2.24, 2.45) is 11.7 Å². The van der Waals surface area contributed by atoms with Gasteiger partial charge in [-0.25, -0.2) is 0 Å². The Labute approximate surface area is 102 Å². The van der Waals surface area contributed by atoms with Gasteiger partial charge in [0.1, 0.15) is 0 Å². The first-order valence-corrected chi connectivity index (χ1v) is 7.13. The molecule has 0 bridgehead atoms. The van der Waals surface area contributed by atoms with E-state index in [4.69, 9.17) is 5.73 Å². The molecule has 0 saturated heterocycles. The van der Waals surface area contributed by atoms with E-state index in [1.807, 2.05) is 0 Å². The van der Waals surface area contributed by atoms with Crippen LogP contribution in [0, 0.1) is 5.92 Å². The minimum absolute atomic E-state index is 0.379. The fourth-order valence-electron chi connectivity index (χ4n) is 2.87. The zero-order chi connectivity index (χ0) is 12.0. The molecule has 1 atom stereocenters. The molecule has 0 spiro atoms. The first-order valence-electron chi connectivity index (χ1n) is 7.13. The summed E-state index contributed by atoms with van der Waals surface area (Å²) in [5, 5.41) is 0. The highest BCUT2D eigenvalue weighted by Crippen LogP contribution is 2.24. The lowest BCUT2D eigenvalue weighted by Crippen LogP contribution is -2.44. The van der Waals surface area contributed by atoms with Gasteiger partial charge in [0.25, 0.3) is 0 Å². The van der Waals surface area contributed by atoms with E-state index >= 15 is 0 Å². The zero-order valence-corrected chi connectivity index (χ0v) is 11.4. The average Bonchev–Trinajstić information content (AvgIpc) is 2.68. The SMILES string of the molecule is CCCC(N)CN(CC(C)C)C1CCCC1. The second kappa shape index (κ2) is 7.29. The van der Waals surface area contributed by atoms with Gasteiger partial charge in [-0.15, -0.1) is 0 Å². The number of rotatable bonds is 7. The van der Waals surface area contributed by atoms with Crippen molar-refractivity contribution in [3.05, 3.63) is 0 Å². The van der Waals surface area contributed by atoms with Gasteiger partial charge >= 0.3 is 0 Å². The van der Waals surface area contributed by atoms with Gasteiger partial charge in [-0.2, -0.15) is 0 Å². The highest BCUT2D eigenvalue weighted by molar-refractivity contribution is 4.80. The van der Waals surface area contributed by atoms with Crippen molar-refractivity contribution in [3.8, 4) is 0 Å². The Balaban J connectivity index is 2.42. The van der Waals surface area contributed by atoms with Gasteiger partial charge in [0, 0.05) is 25.2 Å². The van der Waals surface area contributed by atoms with Gasteiger partial charge in [-0.3, -0.25) is 4.90 Å².